The number of nitrogens with zero attached hydrogens (tertiary/aromatic N) is 1. The Morgan fingerprint density at radius 1 is 1.42 bits per heavy atom. The van der Waals surface area contributed by atoms with Crippen molar-refractivity contribution in [3.8, 4) is 5.75 Å². The van der Waals surface area contributed by atoms with E-state index in [1.807, 2.05) is 13.0 Å². The fraction of sp³-hybridized carbons (Fsp3) is 0.611. The van der Waals surface area contributed by atoms with Gasteiger partial charge in [-0.1, -0.05) is 11.6 Å². The van der Waals surface area contributed by atoms with Crippen LogP contribution in [0.4, 0.5) is 5.69 Å². The van der Waals surface area contributed by atoms with Crippen LogP contribution in [0.15, 0.2) is 23.2 Å². The summed E-state index contributed by atoms with van der Waals surface area (Å²) in [7, 11) is 1.59. The topological polar surface area (TPSA) is 78.1 Å². The van der Waals surface area contributed by atoms with E-state index in [1.54, 1.807) is 19.2 Å². The molecule has 1 aromatic rings. The van der Waals surface area contributed by atoms with Crippen LogP contribution in [0.3, 0.4) is 0 Å². The summed E-state index contributed by atoms with van der Waals surface area (Å²) in [6.07, 6.45) is 3.08. The molecule has 0 aromatic heterocycles. The molecule has 146 valence electrons. The van der Waals surface area contributed by atoms with Crippen molar-refractivity contribution in [1.82, 2.24) is 0 Å². The number of benzene rings is 1. The molecule has 1 saturated heterocycles. The second-order valence-electron chi connectivity index (χ2n) is 6.53. The van der Waals surface area contributed by atoms with Gasteiger partial charge in [0.1, 0.15) is 5.75 Å². The Morgan fingerprint density at radius 3 is 2.77 bits per heavy atom. The first kappa shape index (κ1) is 21.5. The van der Waals surface area contributed by atoms with E-state index in [9.17, 15) is 0 Å². The van der Waals surface area contributed by atoms with Crippen molar-refractivity contribution in [3.63, 3.8) is 0 Å². The second kappa shape index (κ2) is 9.43. The summed E-state index contributed by atoms with van der Waals surface area (Å²) >= 11 is 6.15. The van der Waals surface area contributed by atoms with Crippen molar-refractivity contribution in [1.29, 1.82) is 0 Å². The van der Waals surface area contributed by atoms with Gasteiger partial charge in [-0.3, -0.25) is 0 Å². The van der Waals surface area contributed by atoms with E-state index < -0.39 is 0 Å². The standard InChI is InChI=1S/C18H26ClN3O3.HI/c1-3-25-16-11-15(18(16)6-8-24-9-7-18)22-17(20)21-12-4-5-14(23-2)13(19)10-12;/h4-5,10,15-16H,3,6-9,11H2,1-2H3,(H3,20,21,22);1H. The molecule has 2 unspecified atom stereocenters. The van der Waals surface area contributed by atoms with Crippen LogP contribution >= 0.6 is 35.6 Å². The van der Waals surface area contributed by atoms with Crippen LogP contribution in [0.2, 0.25) is 5.02 Å². The molecule has 2 fully saturated rings. The van der Waals surface area contributed by atoms with Gasteiger partial charge in [0.15, 0.2) is 5.96 Å². The zero-order valence-corrected chi connectivity index (χ0v) is 18.3. The highest BCUT2D eigenvalue weighted by molar-refractivity contribution is 14.0. The molecule has 1 aliphatic heterocycles. The lowest BCUT2D eigenvalue weighted by atomic mass is 9.58. The molecule has 2 aliphatic rings. The monoisotopic (exact) mass is 495 g/mol. The van der Waals surface area contributed by atoms with E-state index >= 15 is 0 Å². The highest BCUT2D eigenvalue weighted by Gasteiger charge is 2.56. The highest BCUT2D eigenvalue weighted by atomic mass is 127. The lowest BCUT2D eigenvalue weighted by molar-refractivity contribution is -0.163. The Balaban J connectivity index is 0.00000243. The van der Waals surface area contributed by atoms with Gasteiger partial charge in [-0.2, -0.15) is 0 Å². The molecule has 0 amide bonds. The van der Waals surface area contributed by atoms with Crippen LogP contribution in [0.25, 0.3) is 0 Å². The number of anilines is 1. The molecule has 26 heavy (non-hydrogen) atoms. The Kier molecular flexibility index (Phi) is 7.81. The van der Waals surface area contributed by atoms with Crippen LogP contribution in [0.5, 0.6) is 5.75 Å². The first-order chi connectivity index (χ1) is 12.1. The van der Waals surface area contributed by atoms with Crippen LogP contribution in [0, 0.1) is 5.41 Å². The second-order valence-corrected chi connectivity index (χ2v) is 6.94. The number of aliphatic imine (C=N–C) groups is 1. The fourth-order valence-electron chi connectivity index (χ4n) is 3.84. The molecule has 1 aliphatic carbocycles. The van der Waals surface area contributed by atoms with Crippen molar-refractivity contribution in [2.45, 2.75) is 38.3 Å². The summed E-state index contributed by atoms with van der Waals surface area (Å²) in [4.78, 5) is 4.73. The zero-order valence-electron chi connectivity index (χ0n) is 15.2. The summed E-state index contributed by atoms with van der Waals surface area (Å²) in [6.45, 7) is 4.28. The number of guanidine groups is 1. The molecule has 0 bridgehead atoms. The van der Waals surface area contributed by atoms with Gasteiger partial charge in [0.2, 0.25) is 0 Å². The van der Waals surface area contributed by atoms with Crippen molar-refractivity contribution in [2.75, 3.05) is 32.2 Å². The lowest BCUT2D eigenvalue weighted by Crippen LogP contribution is -2.60. The molecule has 1 saturated carbocycles. The van der Waals surface area contributed by atoms with Gasteiger partial charge >= 0.3 is 0 Å². The molecule has 1 heterocycles. The lowest BCUT2D eigenvalue weighted by Gasteiger charge is -2.55. The number of rotatable bonds is 5. The molecular weight excluding hydrogens is 469 g/mol. The summed E-state index contributed by atoms with van der Waals surface area (Å²) in [5.41, 5.74) is 6.98. The zero-order chi connectivity index (χ0) is 17.9. The third-order valence-corrected chi connectivity index (χ3v) is 5.55. The number of halogens is 2. The van der Waals surface area contributed by atoms with E-state index in [0.717, 1.165) is 44.8 Å². The Hall–Kier alpha value is -0.770. The summed E-state index contributed by atoms with van der Waals surface area (Å²) < 4.78 is 16.6. The molecule has 6 nitrogen and oxygen atoms in total. The predicted molar refractivity (Wildman–Crippen MR) is 115 cm³/mol. The van der Waals surface area contributed by atoms with Gasteiger partial charge in [0.05, 0.1) is 24.3 Å². The maximum atomic E-state index is 6.15. The third-order valence-electron chi connectivity index (χ3n) is 5.25. The van der Waals surface area contributed by atoms with Gasteiger partial charge in [0.25, 0.3) is 0 Å². The fourth-order valence-corrected chi connectivity index (χ4v) is 4.10. The van der Waals surface area contributed by atoms with Crippen molar-refractivity contribution < 1.29 is 14.2 Å². The largest absolute Gasteiger partial charge is 0.495 e. The minimum Gasteiger partial charge on any atom is -0.495 e. The molecule has 3 N–H and O–H groups in total. The maximum absolute atomic E-state index is 6.15. The normalized spacial score (nSPS) is 24.5. The summed E-state index contributed by atoms with van der Waals surface area (Å²) in [6, 6.07) is 5.60. The van der Waals surface area contributed by atoms with E-state index in [0.29, 0.717) is 16.7 Å². The van der Waals surface area contributed by atoms with Crippen molar-refractivity contribution >= 4 is 47.2 Å². The number of methoxy groups -OCH3 is 1. The molecular formula is C18H27ClIN3O3. The Bertz CT molecular complexity index is 638. The van der Waals surface area contributed by atoms with Crippen molar-refractivity contribution in [2.24, 2.45) is 16.1 Å². The third kappa shape index (κ3) is 4.37. The van der Waals surface area contributed by atoms with E-state index in [4.69, 9.17) is 36.5 Å². The molecule has 8 heteroatoms. The number of hydrogen-bond donors (Lipinski definition) is 2. The first-order valence-electron chi connectivity index (χ1n) is 8.72. The van der Waals surface area contributed by atoms with Crippen LogP contribution < -0.4 is 15.8 Å². The van der Waals surface area contributed by atoms with Gasteiger partial charge < -0.3 is 25.3 Å². The summed E-state index contributed by atoms with van der Waals surface area (Å²) in [5, 5.41) is 3.65. The highest BCUT2D eigenvalue weighted by Crippen LogP contribution is 2.52. The summed E-state index contributed by atoms with van der Waals surface area (Å²) in [5.74, 6) is 1.02. The molecule has 2 atom stereocenters. The Morgan fingerprint density at radius 2 is 2.15 bits per heavy atom. The maximum Gasteiger partial charge on any atom is 0.193 e. The molecule has 1 spiro atoms. The smallest absolute Gasteiger partial charge is 0.193 e. The van der Waals surface area contributed by atoms with Gasteiger partial charge in [0, 0.05) is 30.9 Å². The van der Waals surface area contributed by atoms with E-state index in [2.05, 4.69) is 5.32 Å². The number of nitrogens with two attached hydrogens (primary N) is 1. The quantitative estimate of drug-likeness (QED) is 0.370. The number of hydrogen-bond acceptors (Lipinski definition) is 4. The SMILES string of the molecule is CCOC1CC(N=C(N)Nc2ccc(OC)c(Cl)c2)C12CCOCC2.I. The van der Waals surface area contributed by atoms with E-state index in [1.165, 1.54) is 0 Å². The molecule has 3 rings (SSSR count). The van der Waals surface area contributed by atoms with Crippen LogP contribution in [0.1, 0.15) is 26.2 Å². The van der Waals surface area contributed by atoms with Crippen LogP contribution in [-0.4, -0.2) is 45.0 Å². The minimum atomic E-state index is 0. The van der Waals surface area contributed by atoms with Crippen LogP contribution in [-0.2, 0) is 9.47 Å². The number of nitrogens with one attached hydrogen (secondary N) is 1. The average molecular weight is 496 g/mol. The Labute approximate surface area is 176 Å². The first-order valence-corrected chi connectivity index (χ1v) is 9.10. The minimum absolute atomic E-state index is 0. The van der Waals surface area contributed by atoms with Gasteiger partial charge in [-0.25, -0.2) is 4.99 Å². The average Bonchev–Trinajstić information content (AvgIpc) is 2.62. The predicted octanol–water partition coefficient (Wildman–Crippen LogP) is 3.67. The van der Waals surface area contributed by atoms with Gasteiger partial charge in [-0.15, -0.1) is 24.0 Å². The van der Waals surface area contributed by atoms with Gasteiger partial charge in [-0.05, 0) is 44.4 Å². The molecule has 1 aromatic carbocycles. The van der Waals surface area contributed by atoms with E-state index in [-0.39, 0.29) is 41.5 Å². The number of ether oxygens (including phenoxy) is 3. The van der Waals surface area contributed by atoms with Crippen molar-refractivity contribution in [3.05, 3.63) is 23.2 Å². The molecule has 0 radical (unpaired) electrons.